The molecule has 0 radical (unpaired) electrons. The highest BCUT2D eigenvalue weighted by Crippen LogP contribution is 2.28. The number of nitrogens with zero attached hydrogens (tertiary/aromatic N) is 3. The molecule has 1 atom stereocenters. The SMILES string of the molecule is CC1(C)CC(NC(=O)CCC(NC(=O)c2ccc(NCc3cnc4nc(N)[nH]c(=O)c4n3)cc2)C(=O)O)CC(C)(C)N1. The molecule has 1 fully saturated rings. The van der Waals surface area contributed by atoms with E-state index in [1.807, 2.05) is 0 Å². The lowest BCUT2D eigenvalue weighted by Crippen LogP contribution is -2.62. The fourth-order valence-electron chi connectivity index (χ4n) is 5.49. The van der Waals surface area contributed by atoms with Crippen LogP contribution in [0, 0.1) is 0 Å². The molecular formula is C28H37N9O5. The van der Waals surface area contributed by atoms with Crippen LogP contribution in [0.3, 0.4) is 0 Å². The molecule has 1 aliphatic heterocycles. The van der Waals surface area contributed by atoms with Crippen molar-refractivity contribution in [2.45, 2.75) is 83.1 Å². The van der Waals surface area contributed by atoms with Crippen molar-refractivity contribution in [2.75, 3.05) is 11.1 Å². The Morgan fingerprint density at radius 3 is 2.40 bits per heavy atom. The van der Waals surface area contributed by atoms with E-state index >= 15 is 0 Å². The average Bonchev–Trinajstić information content (AvgIpc) is 2.88. The predicted octanol–water partition coefficient (Wildman–Crippen LogP) is 1.30. The van der Waals surface area contributed by atoms with Crippen LogP contribution in [0.2, 0.25) is 0 Å². The molecule has 0 aliphatic carbocycles. The third-order valence-corrected chi connectivity index (χ3v) is 6.93. The summed E-state index contributed by atoms with van der Waals surface area (Å²) >= 11 is 0. The van der Waals surface area contributed by atoms with Crippen LogP contribution in [0.5, 0.6) is 0 Å². The van der Waals surface area contributed by atoms with E-state index in [0.717, 1.165) is 12.8 Å². The summed E-state index contributed by atoms with van der Waals surface area (Å²) in [5, 5.41) is 21.9. The van der Waals surface area contributed by atoms with E-state index in [4.69, 9.17) is 5.73 Å². The van der Waals surface area contributed by atoms with Crippen molar-refractivity contribution >= 4 is 40.6 Å². The number of hydrogen-bond donors (Lipinski definition) is 7. The number of nitrogen functional groups attached to an aromatic ring is 1. The van der Waals surface area contributed by atoms with Gasteiger partial charge in [-0.15, -0.1) is 0 Å². The molecule has 4 rings (SSSR count). The van der Waals surface area contributed by atoms with Gasteiger partial charge in [0.1, 0.15) is 6.04 Å². The van der Waals surface area contributed by atoms with E-state index in [0.29, 0.717) is 11.4 Å². The van der Waals surface area contributed by atoms with Gasteiger partial charge in [-0.3, -0.25) is 19.4 Å². The minimum absolute atomic E-state index is 0.0268. The van der Waals surface area contributed by atoms with E-state index in [2.05, 4.69) is 68.9 Å². The monoisotopic (exact) mass is 579 g/mol. The highest BCUT2D eigenvalue weighted by Gasteiger charge is 2.38. The number of aliphatic carboxylic acids is 1. The van der Waals surface area contributed by atoms with Gasteiger partial charge in [-0.25, -0.2) is 14.8 Å². The van der Waals surface area contributed by atoms with Crippen LogP contribution >= 0.6 is 0 Å². The normalized spacial score (nSPS) is 16.9. The number of rotatable bonds is 10. The van der Waals surface area contributed by atoms with Gasteiger partial charge in [0.15, 0.2) is 11.2 Å². The van der Waals surface area contributed by atoms with Crippen molar-refractivity contribution in [2.24, 2.45) is 0 Å². The van der Waals surface area contributed by atoms with Gasteiger partial charge in [-0.2, -0.15) is 4.98 Å². The first kappa shape index (κ1) is 30.4. The second-order valence-corrected chi connectivity index (χ2v) is 11.9. The van der Waals surface area contributed by atoms with Gasteiger partial charge in [-0.05, 0) is 71.2 Å². The summed E-state index contributed by atoms with van der Waals surface area (Å²) in [4.78, 5) is 64.0. The van der Waals surface area contributed by atoms with Gasteiger partial charge < -0.3 is 32.1 Å². The number of aromatic amines is 1. The van der Waals surface area contributed by atoms with Gasteiger partial charge >= 0.3 is 5.97 Å². The minimum atomic E-state index is -1.22. The number of fused-ring (bicyclic) bond motifs is 1. The summed E-state index contributed by atoms with van der Waals surface area (Å²) in [6.07, 6.45) is 2.92. The molecule has 3 aromatic rings. The number of carboxylic acids is 1. The Balaban J connectivity index is 1.29. The van der Waals surface area contributed by atoms with Gasteiger partial charge in [0.2, 0.25) is 11.9 Å². The van der Waals surface area contributed by atoms with Crippen molar-refractivity contribution in [3.8, 4) is 0 Å². The minimum Gasteiger partial charge on any atom is -0.480 e. The predicted molar refractivity (Wildman–Crippen MR) is 157 cm³/mol. The first-order valence-corrected chi connectivity index (χ1v) is 13.7. The zero-order valence-electron chi connectivity index (χ0n) is 24.1. The lowest BCUT2D eigenvalue weighted by molar-refractivity contribution is -0.139. The summed E-state index contributed by atoms with van der Waals surface area (Å²) in [6.45, 7) is 8.59. The topological polar surface area (TPSA) is 217 Å². The smallest absolute Gasteiger partial charge is 0.326 e. The molecule has 2 amide bonds. The van der Waals surface area contributed by atoms with Crippen molar-refractivity contribution in [1.82, 2.24) is 35.9 Å². The lowest BCUT2D eigenvalue weighted by Gasteiger charge is -2.46. The fraction of sp³-hybridized carbons (Fsp3) is 0.464. The third-order valence-electron chi connectivity index (χ3n) is 6.93. The number of benzene rings is 1. The number of anilines is 2. The Labute approximate surface area is 242 Å². The average molecular weight is 580 g/mol. The Morgan fingerprint density at radius 2 is 1.76 bits per heavy atom. The maximum atomic E-state index is 12.8. The molecular weight excluding hydrogens is 542 g/mol. The molecule has 1 aliphatic rings. The maximum absolute atomic E-state index is 12.8. The Kier molecular flexibility index (Phi) is 8.75. The number of carboxylic acid groups (broad SMARTS) is 1. The molecule has 14 heteroatoms. The summed E-state index contributed by atoms with van der Waals surface area (Å²) in [5.74, 6) is -2.07. The fourth-order valence-corrected chi connectivity index (χ4v) is 5.49. The molecule has 1 saturated heterocycles. The molecule has 42 heavy (non-hydrogen) atoms. The lowest BCUT2D eigenvalue weighted by atomic mass is 9.79. The van der Waals surface area contributed by atoms with Crippen LogP contribution in [0.4, 0.5) is 11.6 Å². The Morgan fingerprint density at radius 1 is 1.10 bits per heavy atom. The molecule has 0 saturated carbocycles. The van der Waals surface area contributed by atoms with Crippen LogP contribution in [0.1, 0.15) is 69.4 Å². The Bertz CT molecular complexity index is 1520. The van der Waals surface area contributed by atoms with Crippen LogP contribution in [-0.4, -0.2) is 66.0 Å². The highest BCUT2D eigenvalue weighted by atomic mass is 16.4. The number of piperidine rings is 1. The van der Waals surface area contributed by atoms with Gasteiger partial charge in [-0.1, -0.05) is 0 Å². The summed E-state index contributed by atoms with van der Waals surface area (Å²) in [5.41, 5.74) is 6.38. The zero-order chi connectivity index (χ0) is 30.7. The van der Waals surface area contributed by atoms with E-state index in [-0.39, 0.29) is 65.1 Å². The highest BCUT2D eigenvalue weighted by molar-refractivity contribution is 5.97. The quantitative estimate of drug-likeness (QED) is 0.181. The van der Waals surface area contributed by atoms with Gasteiger partial charge in [0.05, 0.1) is 18.4 Å². The summed E-state index contributed by atoms with van der Waals surface area (Å²) in [7, 11) is 0. The molecule has 2 aromatic heterocycles. The number of carbonyl (C=O) groups is 3. The molecule has 0 spiro atoms. The second-order valence-electron chi connectivity index (χ2n) is 11.9. The van der Waals surface area contributed by atoms with Gasteiger partial charge in [0, 0.05) is 34.8 Å². The number of aromatic nitrogens is 4. The number of carbonyl (C=O) groups excluding carboxylic acids is 2. The van der Waals surface area contributed by atoms with Crippen LogP contribution in [0.25, 0.3) is 11.2 Å². The van der Waals surface area contributed by atoms with E-state index in [9.17, 15) is 24.3 Å². The van der Waals surface area contributed by atoms with E-state index in [1.165, 1.54) is 6.20 Å². The maximum Gasteiger partial charge on any atom is 0.326 e. The first-order chi connectivity index (χ1) is 19.7. The molecule has 3 heterocycles. The number of nitrogens with two attached hydrogens (primary N) is 1. The largest absolute Gasteiger partial charge is 0.480 e. The van der Waals surface area contributed by atoms with E-state index in [1.54, 1.807) is 24.3 Å². The number of H-pyrrole nitrogens is 1. The number of amides is 2. The number of nitrogens with one attached hydrogen (secondary N) is 5. The third kappa shape index (κ3) is 8.00. The van der Waals surface area contributed by atoms with Crippen LogP contribution in [-0.2, 0) is 16.1 Å². The second kappa shape index (κ2) is 12.1. The first-order valence-electron chi connectivity index (χ1n) is 13.7. The van der Waals surface area contributed by atoms with Crippen molar-refractivity contribution < 1.29 is 19.5 Å². The summed E-state index contributed by atoms with van der Waals surface area (Å²) < 4.78 is 0. The molecule has 224 valence electrons. The zero-order valence-corrected chi connectivity index (χ0v) is 24.1. The molecule has 1 unspecified atom stereocenters. The number of hydrogen-bond acceptors (Lipinski definition) is 10. The molecule has 14 nitrogen and oxygen atoms in total. The molecule has 0 bridgehead atoms. The van der Waals surface area contributed by atoms with Crippen LogP contribution < -0.4 is 32.6 Å². The summed E-state index contributed by atoms with van der Waals surface area (Å²) in [6, 6.07) is 5.16. The molecule has 1 aromatic carbocycles. The van der Waals surface area contributed by atoms with E-state index < -0.39 is 23.5 Å². The Hall–Kier alpha value is -4.59. The van der Waals surface area contributed by atoms with Crippen LogP contribution in [0.15, 0.2) is 35.3 Å². The standard InChI is InChI=1S/C28H37N9O5/c1-27(2)11-17(12-28(3,4)37-27)32-20(38)10-9-19(25(41)42)34-23(39)15-5-7-16(8-6-15)30-13-18-14-31-22-21(33-18)24(40)36-26(29)35-22/h5-8,14,17,19,30,37H,9-13H2,1-4H3,(H,32,38)(H,34,39)(H,41,42)(H3,29,31,35,36,40). The van der Waals surface area contributed by atoms with Gasteiger partial charge in [0.25, 0.3) is 11.5 Å². The van der Waals surface area contributed by atoms with Crippen molar-refractivity contribution in [1.29, 1.82) is 0 Å². The molecule has 8 N–H and O–H groups in total. The van der Waals surface area contributed by atoms with Crippen molar-refractivity contribution in [3.05, 3.63) is 52.1 Å². The van der Waals surface area contributed by atoms with Crippen molar-refractivity contribution in [3.63, 3.8) is 0 Å².